The molecule has 0 aliphatic carbocycles. The molecule has 1 aliphatic rings. The normalized spacial score (nSPS) is 18.7. The topological polar surface area (TPSA) is 69.0 Å². The molecule has 1 saturated heterocycles. The van der Waals surface area contributed by atoms with Crippen LogP contribution in [0.4, 0.5) is 5.82 Å². The first-order valence-electron chi connectivity index (χ1n) is 7.63. The molecule has 1 atom stereocenters. The van der Waals surface area contributed by atoms with Crippen LogP contribution in [0.15, 0.2) is 17.8 Å². The molecule has 1 unspecified atom stereocenters. The minimum Gasteiger partial charge on any atom is -0.373 e. The van der Waals surface area contributed by atoms with E-state index in [1.54, 1.807) is 17.7 Å². The van der Waals surface area contributed by atoms with Crippen molar-refractivity contribution >= 4 is 27.4 Å². The van der Waals surface area contributed by atoms with Gasteiger partial charge in [0.25, 0.3) is 0 Å². The van der Waals surface area contributed by atoms with Crippen LogP contribution in [0.1, 0.15) is 11.6 Å². The second kappa shape index (κ2) is 5.86. The van der Waals surface area contributed by atoms with E-state index in [-0.39, 0.29) is 6.10 Å². The number of fused-ring (bicyclic) bond motifs is 1. The highest BCUT2D eigenvalue weighted by Gasteiger charge is 2.24. The number of aromatic nitrogens is 5. The molecule has 8 heteroatoms. The summed E-state index contributed by atoms with van der Waals surface area (Å²) in [6.45, 7) is 6.91. The van der Waals surface area contributed by atoms with Crippen LogP contribution in [-0.2, 0) is 11.3 Å². The van der Waals surface area contributed by atoms with Gasteiger partial charge in [-0.25, -0.2) is 19.6 Å². The van der Waals surface area contributed by atoms with Gasteiger partial charge in [-0.15, -0.1) is 11.3 Å². The van der Waals surface area contributed by atoms with Gasteiger partial charge < -0.3 is 9.64 Å². The highest BCUT2D eigenvalue weighted by atomic mass is 32.1. The highest BCUT2D eigenvalue weighted by molar-refractivity contribution is 7.16. The van der Waals surface area contributed by atoms with Gasteiger partial charge in [0.1, 0.15) is 28.6 Å². The van der Waals surface area contributed by atoms with Gasteiger partial charge in [0.15, 0.2) is 0 Å². The fraction of sp³-hybridized carbons (Fsp3) is 0.467. The molecule has 120 valence electrons. The molecule has 0 amide bonds. The summed E-state index contributed by atoms with van der Waals surface area (Å²) in [5.74, 6) is 2.72. The molecule has 23 heavy (non-hydrogen) atoms. The van der Waals surface area contributed by atoms with Crippen LogP contribution in [-0.4, -0.2) is 50.5 Å². The number of hydrogen-bond donors (Lipinski definition) is 0. The summed E-state index contributed by atoms with van der Waals surface area (Å²) < 4.78 is 7.84. The molecule has 4 rings (SSSR count). The van der Waals surface area contributed by atoms with E-state index < -0.39 is 0 Å². The first-order valence-corrected chi connectivity index (χ1v) is 8.51. The predicted octanol–water partition coefficient (Wildman–Crippen LogP) is 1.81. The van der Waals surface area contributed by atoms with Crippen molar-refractivity contribution in [2.75, 3.05) is 24.6 Å². The second-order valence-corrected chi connectivity index (χ2v) is 6.56. The first-order chi connectivity index (χ1) is 11.2. The number of ether oxygens (including phenoxy) is 1. The van der Waals surface area contributed by atoms with E-state index in [1.807, 2.05) is 18.5 Å². The molecule has 3 aromatic rings. The Hall–Kier alpha value is -2.06. The second-order valence-electron chi connectivity index (χ2n) is 5.66. The van der Waals surface area contributed by atoms with E-state index >= 15 is 0 Å². The van der Waals surface area contributed by atoms with Crippen molar-refractivity contribution in [1.29, 1.82) is 0 Å². The van der Waals surface area contributed by atoms with Crippen molar-refractivity contribution in [3.05, 3.63) is 29.4 Å². The quantitative estimate of drug-likeness (QED) is 0.729. The SMILES string of the molecule is Cc1nc(C)n(CC2CN(c3ncnc4sccc34)CCO2)n1. The lowest BCUT2D eigenvalue weighted by atomic mass is 10.2. The summed E-state index contributed by atoms with van der Waals surface area (Å²) in [5, 5.41) is 7.60. The molecule has 1 aliphatic heterocycles. The van der Waals surface area contributed by atoms with Gasteiger partial charge in [0.05, 0.1) is 24.6 Å². The van der Waals surface area contributed by atoms with Gasteiger partial charge in [-0.05, 0) is 25.3 Å². The van der Waals surface area contributed by atoms with E-state index in [0.29, 0.717) is 13.2 Å². The van der Waals surface area contributed by atoms with E-state index in [2.05, 4.69) is 36.4 Å². The van der Waals surface area contributed by atoms with E-state index in [0.717, 1.165) is 40.8 Å². The van der Waals surface area contributed by atoms with Crippen molar-refractivity contribution in [1.82, 2.24) is 24.7 Å². The standard InChI is InChI=1S/C15H18N6OS/c1-10-18-11(2)21(19-10)8-12-7-20(4-5-22-12)14-13-3-6-23-15(13)17-9-16-14/h3,6,9,12H,4-5,7-8H2,1-2H3. The third kappa shape index (κ3) is 2.79. The molecule has 7 nitrogen and oxygen atoms in total. The van der Waals surface area contributed by atoms with Crippen LogP contribution >= 0.6 is 11.3 Å². The third-order valence-corrected chi connectivity index (χ3v) is 4.84. The smallest absolute Gasteiger partial charge is 0.147 e. The van der Waals surface area contributed by atoms with E-state index in [1.165, 1.54) is 0 Å². The fourth-order valence-corrected chi connectivity index (χ4v) is 3.71. The highest BCUT2D eigenvalue weighted by Crippen LogP contribution is 2.27. The number of thiophene rings is 1. The summed E-state index contributed by atoms with van der Waals surface area (Å²) in [4.78, 5) is 16.5. The third-order valence-electron chi connectivity index (χ3n) is 4.02. The van der Waals surface area contributed by atoms with E-state index in [4.69, 9.17) is 4.74 Å². The molecule has 0 bridgehead atoms. The summed E-state index contributed by atoms with van der Waals surface area (Å²) in [5.41, 5.74) is 0. The number of aryl methyl sites for hydroxylation is 2. The minimum absolute atomic E-state index is 0.0761. The molecule has 1 fully saturated rings. The molecular weight excluding hydrogens is 312 g/mol. The summed E-state index contributed by atoms with van der Waals surface area (Å²) in [6, 6.07) is 2.09. The fourth-order valence-electron chi connectivity index (χ4n) is 2.98. The van der Waals surface area contributed by atoms with Crippen LogP contribution in [0.25, 0.3) is 10.2 Å². The van der Waals surface area contributed by atoms with Crippen LogP contribution in [0.5, 0.6) is 0 Å². The zero-order valence-electron chi connectivity index (χ0n) is 13.1. The average molecular weight is 330 g/mol. The maximum atomic E-state index is 5.92. The summed E-state index contributed by atoms with van der Waals surface area (Å²) in [7, 11) is 0. The zero-order chi connectivity index (χ0) is 15.8. The first kappa shape index (κ1) is 14.5. The van der Waals surface area contributed by atoms with E-state index in [9.17, 15) is 0 Å². The van der Waals surface area contributed by atoms with Crippen LogP contribution < -0.4 is 4.90 Å². The van der Waals surface area contributed by atoms with Crippen LogP contribution in [0.3, 0.4) is 0 Å². The Balaban J connectivity index is 1.55. The zero-order valence-corrected chi connectivity index (χ0v) is 14.0. The van der Waals surface area contributed by atoms with Gasteiger partial charge in [-0.1, -0.05) is 0 Å². The lowest BCUT2D eigenvalue weighted by molar-refractivity contribution is 0.0268. The number of rotatable bonds is 3. The molecule has 0 saturated carbocycles. The molecule has 4 heterocycles. The van der Waals surface area contributed by atoms with Gasteiger partial charge in [0, 0.05) is 13.1 Å². The Labute approximate surface area is 137 Å². The maximum Gasteiger partial charge on any atom is 0.147 e. The predicted molar refractivity (Wildman–Crippen MR) is 88.9 cm³/mol. The molecule has 0 N–H and O–H groups in total. The Morgan fingerprint density at radius 3 is 3.09 bits per heavy atom. The lowest BCUT2D eigenvalue weighted by Gasteiger charge is -2.34. The largest absolute Gasteiger partial charge is 0.373 e. The summed E-state index contributed by atoms with van der Waals surface area (Å²) in [6.07, 6.45) is 1.72. The average Bonchev–Trinajstić information content (AvgIpc) is 3.14. The molecule has 0 aromatic carbocycles. The maximum absolute atomic E-state index is 5.92. The van der Waals surface area contributed by atoms with Gasteiger partial charge in [-0.3, -0.25) is 0 Å². The number of nitrogens with zero attached hydrogens (tertiary/aromatic N) is 6. The Morgan fingerprint density at radius 2 is 2.26 bits per heavy atom. The Kier molecular flexibility index (Phi) is 3.70. The van der Waals surface area contributed by atoms with Crippen molar-refractivity contribution in [2.45, 2.75) is 26.5 Å². The number of anilines is 1. The monoisotopic (exact) mass is 330 g/mol. The Bertz CT molecular complexity index is 828. The van der Waals surface area contributed by atoms with Crippen molar-refractivity contribution in [3.8, 4) is 0 Å². The van der Waals surface area contributed by atoms with Crippen molar-refractivity contribution in [3.63, 3.8) is 0 Å². The lowest BCUT2D eigenvalue weighted by Crippen LogP contribution is -2.45. The number of morpholine rings is 1. The summed E-state index contributed by atoms with van der Waals surface area (Å²) >= 11 is 1.64. The van der Waals surface area contributed by atoms with Crippen molar-refractivity contribution in [2.24, 2.45) is 0 Å². The minimum atomic E-state index is 0.0761. The number of hydrogen-bond acceptors (Lipinski definition) is 7. The molecule has 0 spiro atoms. The van der Waals surface area contributed by atoms with Crippen molar-refractivity contribution < 1.29 is 4.74 Å². The Morgan fingerprint density at radius 1 is 1.35 bits per heavy atom. The van der Waals surface area contributed by atoms with Crippen LogP contribution in [0.2, 0.25) is 0 Å². The molecule has 3 aromatic heterocycles. The van der Waals surface area contributed by atoms with Gasteiger partial charge >= 0.3 is 0 Å². The van der Waals surface area contributed by atoms with Gasteiger partial charge in [-0.2, -0.15) is 5.10 Å². The molecule has 0 radical (unpaired) electrons. The van der Waals surface area contributed by atoms with Gasteiger partial charge in [0.2, 0.25) is 0 Å². The van der Waals surface area contributed by atoms with Crippen LogP contribution in [0, 0.1) is 13.8 Å². The molecular formula is C15H18N6OS.